The lowest BCUT2D eigenvalue weighted by Crippen LogP contribution is -2.44. The molecule has 2 amide bonds. The number of imide groups is 1. The van der Waals surface area contributed by atoms with Crippen molar-refractivity contribution < 1.29 is 9.59 Å². The van der Waals surface area contributed by atoms with Crippen LogP contribution < -0.4 is 11.0 Å². The van der Waals surface area contributed by atoms with Gasteiger partial charge in [-0.2, -0.15) is 0 Å². The first kappa shape index (κ1) is 13.4. The minimum atomic E-state index is -0.654. The number of aromatic nitrogens is 2. The lowest BCUT2D eigenvalue weighted by Gasteiger charge is -2.21. The molecular weight excluding hydrogens is 270 g/mol. The average Bonchev–Trinajstić information content (AvgIpc) is 2.71. The Bertz CT molecular complexity index is 829. The van der Waals surface area contributed by atoms with Gasteiger partial charge in [-0.25, -0.2) is 4.79 Å². The molecule has 6 nitrogen and oxygen atoms in total. The monoisotopic (exact) mass is 285 g/mol. The van der Waals surface area contributed by atoms with Crippen LogP contribution in [0.1, 0.15) is 24.4 Å². The maximum Gasteiger partial charge on any atom is 0.329 e. The van der Waals surface area contributed by atoms with Gasteiger partial charge in [0.2, 0.25) is 11.8 Å². The Kier molecular flexibility index (Phi) is 3.01. The summed E-state index contributed by atoms with van der Waals surface area (Å²) >= 11 is 0. The number of imidazole rings is 1. The SMILES string of the molecule is C=Cc1ccc2c(c1)n(C1CCC(=O)NC1=O)c(=O)n2C. The van der Waals surface area contributed by atoms with Gasteiger partial charge in [-0.15, -0.1) is 0 Å². The molecule has 108 valence electrons. The minimum absolute atomic E-state index is 0.236. The number of rotatable bonds is 2. The van der Waals surface area contributed by atoms with Crippen molar-refractivity contribution in [3.8, 4) is 0 Å². The second-order valence-electron chi connectivity index (χ2n) is 5.13. The Labute approximate surface area is 120 Å². The number of piperidine rings is 1. The van der Waals surface area contributed by atoms with Crippen molar-refractivity contribution in [2.75, 3.05) is 0 Å². The topological polar surface area (TPSA) is 73.1 Å². The van der Waals surface area contributed by atoms with E-state index in [1.807, 2.05) is 18.2 Å². The molecule has 1 atom stereocenters. The number of fused-ring (bicyclic) bond motifs is 1. The molecule has 1 unspecified atom stereocenters. The van der Waals surface area contributed by atoms with E-state index in [1.54, 1.807) is 13.1 Å². The predicted octanol–water partition coefficient (Wildman–Crippen LogP) is 0.961. The summed E-state index contributed by atoms with van der Waals surface area (Å²) in [4.78, 5) is 35.8. The number of amides is 2. The van der Waals surface area contributed by atoms with Crippen molar-refractivity contribution in [3.05, 3.63) is 40.8 Å². The number of nitrogens with one attached hydrogen (secondary N) is 1. The third-order valence-corrected chi connectivity index (χ3v) is 3.87. The summed E-state index contributed by atoms with van der Waals surface area (Å²) in [5.74, 6) is -0.721. The molecule has 2 heterocycles. The summed E-state index contributed by atoms with van der Waals surface area (Å²) in [6, 6.07) is 4.87. The Hall–Kier alpha value is -2.63. The Balaban J connectivity index is 2.24. The molecule has 6 heteroatoms. The van der Waals surface area contributed by atoms with E-state index in [4.69, 9.17) is 0 Å². The predicted molar refractivity (Wildman–Crippen MR) is 78.7 cm³/mol. The van der Waals surface area contributed by atoms with E-state index in [0.717, 1.165) is 11.1 Å². The van der Waals surface area contributed by atoms with Crippen LogP contribution in [0, 0.1) is 0 Å². The molecule has 1 aromatic heterocycles. The molecule has 1 aliphatic rings. The largest absolute Gasteiger partial charge is 0.329 e. The van der Waals surface area contributed by atoms with Crippen molar-refractivity contribution in [2.45, 2.75) is 18.9 Å². The summed E-state index contributed by atoms with van der Waals surface area (Å²) in [5.41, 5.74) is 2.03. The highest BCUT2D eigenvalue weighted by Crippen LogP contribution is 2.23. The van der Waals surface area contributed by atoms with E-state index in [1.165, 1.54) is 9.13 Å². The maximum atomic E-state index is 12.4. The van der Waals surface area contributed by atoms with Gasteiger partial charge in [-0.3, -0.25) is 24.0 Å². The maximum absolute atomic E-state index is 12.4. The van der Waals surface area contributed by atoms with Gasteiger partial charge >= 0.3 is 5.69 Å². The third-order valence-electron chi connectivity index (χ3n) is 3.87. The van der Waals surface area contributed by atoms with E-state index in [2.05, 4.69) is 11.9 Å². The number of aryl methyl sites for hydroxylation is 1. The summed E-state index contributed by atoms with van der Waals surface area (Å²) < 4.78 is 2.97. The molecule has 1 N–H and O–H groups in total. The Morgan fingerprint density at radius 3 is 2.71 bits per heavy atom. The molecule has 0 radical (unpaired) electrons. The van der Waals surface area contributed by atoms with E-state index >= 15 is 0 Å². The molecule has 2 aromatic rings. The van der Waals surface area contributed by atoms with Gasteiger partial charge in [0, 0.05) is 13.5 Å². The summed E-state index contributed by atoms with van der Waals surface area (Å²) in [5, 5.41) is 2.29. The van der Waals surface area contributed by atoms with Gasteiger partial charge in [0.05, 0.1) is 11.0 Å². The van der Waals surface area contributed by atoms with E-state index in [-0.39, 0.29) is 18.0 Å². The average molecular weight is 285 g/mol. The molecule has 1 aromatic carbocycles. The lowest BCUT2D eigenvalue weighted by molar-refractivity contribution is -0.135. The second-order valence-corrected chi connectivity index (χ2v) is 5.13. The molecule has 21 heavy (non-hydrogen) atoms. The molecule has 1 aliphatic heterocycles. The van der Waals surface area contributed by atoms with Crippen molar-refractivity contribution in [1.29, 1.82) is 0 Å². The normalized spacial score (nSPS) is 18.8. The van der Waals surface area contributed by atoms with Gasteiger partial charge < -0.3 is 0 Å². The summed E-state index contributed by atoms with van der Waals surface area (Å²) in [6.07, 6.45) is 2.26. The number of benzene rings is 1. The van der Waals surface area contributed by atoms with Gasteiger partial charge in [0.1, 0.15) is 6.04 Å². The molecule has 1 fully saturated rings. The van der Waals surface area contributed by atoms with Crippen LogP contribution in [0.5, 0.6) is 0 Å². The Morgan fingerprint density at radius 1 is 1.29 bits per heavy atom. The van der Waals surface area contributed by atoms with Crippen molar-refractivity contribution in [3.63, 3.8) is 0 Å². The van der Waals surface area contributed by atoms with Crippen LogP contribution in [0.3, 0.4) is 0 Å². The van der Waals surface area contributed by atoms with Crippen LogP contribution in [0.4, 0.5) is 0 Å². The van der Waals surface area contributed by atoms with Gasteiger partial charge in [0.25, 0.3) is 0 Å². The van der Waals surface area contributed by atoms with Crippen LogP contribution in [-0.4, -0.2) is 20.9 Å². The summed E-state index contributed by atoms with van der Waals surface area (Å²) in [7, 11) is 1.67. The summed E-state index contributed by atoms with van der Waals surface area (Å²) in [6.45, 7) is 3.72. The highest BCUT2D eigenvalue weighted by atomic mass is 16.2. The number of carbonyl (C=O) groups is 2. The van der Waals surface area contributed by atoms with Crippen molar-refractivity contribution in [2.24, 2.45) is 7.05 Å². The van der Waals surface area contributed by atoms with Crippen molar-refractivity contribution >= 4 is 28.9 Å². The molecule has 0 spiro atoms. The van der Waals surface area contributed by atoms with Gasteiger partial charge in [-0.1, -0.05) is 18.7 Å². The molecule has 1 saturated heterocycles. The fraction of sp³-hybridized carbons (Fsp3) is 0.267. The van der Waals surface area contributed by atoms with E-state index in [9.17, 15) is 14.4 Å². The molecule has 0 saturated carbocycles. The van der Waals surface area contributed by atoms with Crippen molar-refractivity contribution in [1.82, 2.24) is 14.5 Å². The van der Waals surface area contributed by atoms with Crippen LogP contribution in [0.25, 0.3) is 17.1 Å². The van der Waals surface area contributed by atoms with Gasteiger partial charge in [-0.05, 0) is 24.1 Å². The smallest absolute Gasteiger partial charge is 0.295 e. The fourth-order valence-corrected chi connectivity index (χ4v) is 2.74. The first-order valence-electron chi connectivity index (χ1n) is 6.70. The zero-order valence-corrected chi connectivity index (χ0v) is 11.6. The molecule has 0 aliphatic carbocycles. The van der Waals surface area contributed by atoms with Crippen LogP contribution in [0.2, 0.25) is 0 Å². The molecule has 0 bridgehead atoms. The second kappa shape index (κ2) is 4.73. The zero-order valence-electron chi connectivity index (χ0n) is 11.6. The number of carbonyl (C=O) groups excluding carboxylic acids is 2. The third kappa shape index (κ3) is 1.99. The number of hydrogen-bond acceptors (Lipinski definition) is 3. The number of nitrogens with zero attached hydrogens (tertiary/aromatic N) is 2. The molecular formula is C15H15N3O3. The zero-order chi connectivity index (χ0) is 15.1. The minimum Gasteiger partial charge on any atom is -0.295 e. The first-order chi connectivity index (χ1) is 10.0. The van der Waals surface area contributed by atoms with Crippen LogP contribution >= 0.6 is 0 Å². The lowest BCUT2D eigenvalue weighted by atomic mass is 10.1. The first-order valence-corrected chi connectivity index (χ1v) is 6.70. The highest BCUT2D eigenvalue weighted by Gasteiger charge is 2.31. The van der Waals surface area contributed by atoms with Crippen LogP contribution in [-0.2, 0) is 16.6 Å². The quantitative estimate of drug-likeness (QED) is 0.835. The Morgan fingerprint density at radius 2 is 2.05 bits per heavy atom. The fourth-order valence-electron chi connectivity index (χ4n) is 2.74. The van der Waals surface area contributed by atoms with Crippen LogP contribution in [0.15, 0.2) is 29.6 Å². The van der Waals surface area contributed by atoms with Gasteiger partial charge in [0.15, 0.2) is 0 Å². The van der Waals surface area contributed by atoms with E-state index < -0.39 is 11.9 Å². The standard InChI is InChI=1S/C15H15N3O3/c1-3-9-4-5-10-12(8-9)18(15(21)17(10)2)11-6-7-13(19)16-14(11)20/h3-5,8,11H,1,6-7H2,2H3,(H,16,19,20). The molecule has 3 rings (SSSR count). The number of hydrogen-bond donors (Lipinski definition) is 1. The van der Waals surface area contributed by atoms with E-state index in [0.29, 0.717) is 11.9 Å². The highest BCUT2D eigenvalue weighted by molar-refractivity contribution is 6.00.